The summed E-state index contributed by atoms with van der Waals surface area (Å²) in [7, 11) is 2.54. The van der Waals surface area contributed by atoms with Crippen LogP contribution in [-0.4, -0.2) is 36.5 Å². The minimum absolute atomic E-state index is 0.116. The Hall–Kier alpha value is -1.43. The van der Waals surface area contributed by atoms with Crippen molar-refractivity contribution in [2.45, 2.75) is 12.8 Å². The molecule has 5 nitrogen and oxygen atoms in total. The Bertz CT molecular complexity index is 413. The molecule has 6 heteroatoms. The van der Waals surface area contributed by atoms with Crippen LogP contribution in [0.25, 0.3) is 0 Å². The first kappa shape index (κ1) is 14.6. The van der Waals surface area contributed by atoms with Gasteiger partial charge in [-0.05, 0) is 30.5 Å². The van der Waals surface area contributed by atoms with Gasteiger partial charge in [-0.15, -0.1) is 0 Å². The lowest BCUT2D eigenvalue weighted by molar-refractivity contribution is 0.0585. The Kier molecular flexibility index (Phi) is 5.77. The molecule has 0 spiro atoms. The molecule has 0 radical (unpaired) electrons. The lowest BCUT2D eigenvalue weighted by Crippen LogP contribution is -2.12. The predicted octanol–water partition coefficient (Wildman–Crippen LogP) is 1.98. The largest absolute Gasteiger partial charge is 0.464 e. The zero-order chi connectivity index (χ0) is 13.5. The molecule has 0 unspecified atom stereocenters. The van der Waals surface area contributed by atoms with Crippen molar-refractivity contribution in [1.29, 1.82) is 0 Å². The molecule has 0 bridgehead atoms. The van der Waals surface area contributed by atoms with Crippen molar-refractivity contribution in [3.05, 3.63) is 29.1 Å². The molecule has 0 aliphatic rings. The Balaban J connectivity index is 3.11. The molecule has 1 aromatic rings. The second kappa shape index (κ2) is 7.10. The molecule has 0 aliphatic heterocycles. The SMILES string of the molecule is COC(=O)c1cc(CCCBr)cc(C(=O)OC)n1. The van der Waals surface area contributed by atoms with E-state index in [9.17, 15) is 9.59 Å². The van der Waals surface area contributed by atoms with Crippen molar-refractivity contribution in [3.8, 4) is 0 Å². The number of hydrogen-bond acceptors (Lipinski definition) is 5. The van der Waals surface area contributed by atoms with Gasteiger partial charge >= 0.3 is 11.9 Å². The van der Waals surface area contributed by atoms with Gasteiger partial charge < -0.3 is 9.47 Å². The monoisotopic (exact) mass is 315 g/mol. The summed E-state index contributed by atoms with van der Waals surface area (Å²) in [5.41, 5.74) is 1.08. The van der Waals surface area contributed by atoms with Crippen LogP contribution < -0.4 is 0 Å². The number of carbonyl (C=O) groups is 2. The van der Waals surface area contributed by atoms with E-state index in [4.69, 9.17) is 0 Å². The average Bonchev–Trinajstić information content (AvgIpc) is 2.42. The topological polar surface area (TPSA) is 65.5 Å². The van der Waals surface area contributed by atoms with Crippen LogP contribution in [0.15, 0.2) is 12.1 Å². The van der Waals surface area contributed by atoms with Crippen molar-refractivity contribution < 1.29 is 19.1 Å². The van der Waals surface area contributed by atoms with Gasteiger partial charge in [-0.25, -0.2) is 14.6 Å². The van der Waals surface area contributed by atoms with Crippen LogP contribution in [0.3, 0.4) is 0 Å². The summed E-state index contributed by atoms with van der Waals surface area (Å²) < 4.78 is 9.20. The maximum Gasteiger partial charge on any atom is 0.356 e. The molecule has 98 valence electrons. The fraction of sp³-hybridized carbons (Fsp3) is 0.417. The third-order valence-electron chi connectivity index (χ3n) is 2.27. The number of pyridine rings is 1. The first-order chi connectivity index (χ1) is 8.62. The van der Waals surface area contributed by atoms with Crippen LogP contribution in [0.5, 0.6) is 0 Å². The number of ether oxygens (including phenoxy) is 2. The van der Waals surface area contributed by atoms with Crippen LogP contribution in [-0.2, 0) is 15.9 Å². The van der Waals surface area contributed by atoms with E-state index in [2.05, 4.69) is 30.4 Å². The Labute approximate surface area is 114 Å². The summed E-state index contributed by atoms with van der Waals surface area (Å²) in [6.45, 7) is 0. The third-order valence-corrected chi connectivity index (χ3v) is 2.83. The number of methoxy groups -OCH3 is 2. The summed E-state index contributed by atoms with van der Waals surface area (Å²) in [6.07, 6.45) is 1.63. The maximum atomic E-state index is 11.5. The summed E-state index contributed by atoms with van der Waals surface area (Å²) in [6, 6.07) is 3.25. The van der Waals surface area contributed by atoms with Gasteiger partial charge in [-0.1, -0.05) is 15.9 Å². The fourth-order valence-corrected chi connectivity index (χ4v) is 1.70. The van der Waals surface area contributed by atoms with E-state index in [-0.39, 0.29) is 11.4 Å². The number of alkyl halides is 1. The first-order valence-corrected chi connectivity index (χ1v) is 6.48. The Morgan fingerprint density at radius 1 is 1.17 bits per heavy atom. The number of aryl methyl sites for hydroxylation is 1. The lowest BCUT2D eigenvalue weighted by Gasteiger charge is -2.06. The maximum absolute atomic E-state index is 11.5. The van der Waals surface area contributed by atoms with Gasteiger partial charge in [0.1, 0.15) is 11.4 Å². The Morgan fingerprint density at radius 3 is 2.06 bits per heavy atom. The van der Waals surface area contributed by atoms with Gasteiger partial charge in [-0.2, -0.15) is 0 Å². The van der Waals surface area contributed by atoms with E-state index in [1.165, 1.54) is 14.2 Å². The highest BCUT2D eigenvalue weighted by Gasteiger charge is 2.15. The van der Waals surface area contributed by atoms with Crippen molar-refractivity contribution in [3.63, 3.8) is 0 Å². The molecule has 0 N–H and O–H groups in total. The van der Waals surface area contributed by atoms with Gasteiger partial charge in [0.15, 0.2) is 0 Å². The smallest absolute Gasteiger partial charge is 0.356 e. The first-order valence-electron chi connectivity index (χ1n) is 5.36. The minimum Gasteiger partial charge on any atom is -0.464 e. The van der Waals surface area contributed by atoms with E-state index in [0.717, 1.165) is 23.7 Å². The van der Waals surface area contributed by atoms with Crippen molar-refractivity contribution in [1.82, 2.24) is 4.98 Å². The zero-order valence-electron chi connectivity index (χ0n) is 10.2. The molecule has 0 amide bonds. The second-order valence-corrected chi connectivity index (χ2v) is 4.31. The molecule has 0 saturated heterocycles. The Morgan fingerprint density at radius 2 is 1.67 bits per heavy atom. The number of carbonyl (C=O) groups excluding carboxylic acids is 2. The summed E-state index contributed by atoms with van der Waals surface area (Å²) in [4.78, 5) is 26.8. The van der Waals surface area contributed by atoms with Gasteiger partial charge in [0, 0.05) is 5.33 Å². The van der Waals surface area contributed by atoms with Gasteiger partial charge in [0.05, 0.1) is 14.2 Å². The molecular weight excluding hydrogens is 302 g/mol. The van der Waals surface area contributed by atoms with Gasteiger partial charge in [-0.3, -0.25) is 0 Å². The average molecular weight is 316 g/mol. The van der Waals surface area contributed by atoms with Gasteiger partial charge in [0.2, 0.25) is 0 Å². The third kappa shape index (κ3) is 3.80. The molecule has 0 saturated carbocycles. The summed E-state index contributed by atoms with van der Waals surface area (Å²) >= 11 is 3.33. The van der Waals surface area contributed by atoms with Crippen LogP contribution in [0.2, 0.25) is 0 Å². The summed E-state index contributed by atoms with van der Waals surface area (Å²) in [5.74, 6) is -1.14. The van der Waals surface area contributed by atoms with Crippen molar-refractivity contribution in [2.24, 2.45) is 0 Å². The minimum atomic E-state index is -0.569. The van der Waals surface area contributed by atoms with Crippen molar-refractivity contribution in [2.75, 3.05) is 19.5 Å². The van der Waals surface area contributed by atoms with Crippen LogP contribution in [0.1, 0.15) is 33.0 Å². The number of hydrogen-bond donors (Lipinski definition) is 0. The lowest BCUT2D eigenvalue weighted by atomic mass is 10.1. The molecule has 0 aromatic carbocycles. The number of aromatic nitrogens is 1. The highest BCUT2D eigenvalue weighted by molar-refractivity contribution is 9.09. The van der Waals surface area contributed by atoms with Gasteiger partial charge in [0.25, 0.3) is 0 Å². The standard InChI is InChI=1S/C12H14BrNO4/c1-17-11(15)9-6-8(4-3-5-13)7-10(14-9)12(16)18-2/h6-7H,3-5H2,1-2H3. The number of nitrogens with zero attached hydrogens (tertiary/aromatic N) is 1. The normalized spacial score (nSPS) is 9.94. The molecule has 18 heavy (non-hydrogen) atoms. The predicted molar refractivity (Wildman–Crippen MR) is 69.0 cm³/mol. The van der Waals surface area contributed by atoms with E-state index < -0.39 is 11.9 Å². The van der Waals surface area contributed by atoms with Crippen molar-refractivity contribution >= 4 is 27.9 Å². The van der Waals surface area contributed by atoms with E-state index in [1.807, 2.05) is 0 Å². The van der Waals surface area contributed by atoms with E-state index in [1.54, 1.807) is 12.1 Å². The van der Waals surface area contributed by atoms with E-state index >= 15 is 0 Å². The zero-order valence-corrected chi connectivity index (χ0v) is 11.8. The van der Waals surface area contributed by atoms with Crippen LogP contribution in [0, 0.1) is 0 Å². The molecule has 1 heterocycles. The van der Waals surface area contributed by atoms with Crippen LogP contribution >= 0.6 is 15.9 Å². The molecule has 0 atom stereocenters. The summed E-state index contributed by atoms with van der Waals surface area (Å²) in [5, 5.41) is 0.844. The fourth-order valence-electron chi connectivity index (χ4n) is 1.42. The second-order valence-electron chi connectivity index (χ2n) is 3.52. The molecule has 0 aliphatic carbocycles. The molecular formula is C12H14BrNO4. The number of halogens is 1. The molecule has 0 fully saturated rings. The molecule has 1 aromatic heterocycles. The number of esters is 2. The van der Waals surface area contributed by atoms with Crippen LogP contribution in [0.4, 0.5) is 0 Å². The highest BCUT2D eigenvalue weighted by atomic mass is 79.9. The quantitative estimate of drug-likeness (QED) is 0.614. The number of rotatable bonds is 5. The molecule has 1 rings (SSSR count). The highest BCUT2D eigenvalue weighted by Crippen LogP contribution is 2.11. The van der Waals surface area contributed by atoms with E-state index in [0.29, 0.717) is 0 Å².